The quantitative estimate of drug-likeness (QED) is 0.883. The lowest BCUT2D eigenvalue weighted by atomic mass is 9.90. The van der Waals surface area contributed by atoms with Gasteiger partial charge < -0.3 is 10.1 Å². The summed E-state index contributed by atoms with van der Waals surface area (Å²) in [6.07, 6.45) is 6.73. The average molecular weight is 262 g/mol. The smallest absolute Gasteiger partial charge is 0.218 e. The fraction of sp³-hybridized carbons (Fsp3) is 0.688. The maximum atomic E-state index is 6.04. The van der Waals surface area contributed by atoms with Crippen LogP contribution in [-0.2, 0) is 6.54 Å². The SMILES string of the molecule is CNCc1c(C)cc(C)nc1OCC1CCCCC1. The van der Waals surface area contributed by atoms with Gasteiger partial charge in [0, 0.05) is 17.8 Å². The Labute approximate surface area is 116 Å². The number of ether oxygens (including phenoxy) is 1. The van der Waals surface area contributed by atoms with Crippen molar-refractivity contribution in [3.63, 3.8) is 0 Å². The predicted molar refractivity (Wildman–Crippen MR) is 78.5 cm³/mol. The second kappa shape index (κ2) is 6.90. The molecule has 1 aromatic heterocycles. The molecule has 0 atom stereocenters. The number of hydrogen-bond donors (Lipinski definition) is 1. The summed E-state index contributed by atoms with van der Waals surface area (Å²) < 4.78 is 6.04. The summed E-state index contributed by atoms with van der Waals surface area (Å²) in [5, 5.41) is 3.20. The molecule has 1 saturated carbocycles. The number of aromatic nitrogens is 1. The molecule has 106 valence electrons. The molecule has 3 heteroatoms. The van der Waals surface area contributed by atoms with Crippen molar-refractivity contribution in [1.29, 1.82) is 0 Å². The molecular weight excluding hydrogens is 236 g/mol. The van der Waals surface area contributed by atoms with Crippen molar-refractivity contribution in [1.82, 2.24) is 10.3 Å². The van der Waals surface area contributed by atoms with E-state index in [0.717, 1.165) is 30.6 Å². The summed E-state index contributed by atoms with van der Waals surface area (Å²) in [6, 6.07) is 2.13. The zero-order valence-electron chi connectivity index (χ0n) is 12.5. The predicted octanol–water partition coefficient (Wildman–Crippen LogP) is 3.38. The van der Waals surface area contributed by atoms with Crippen molar-refractivity contribution >= 4 is 0 Å². The summed E-state index contributed by atoms with van der Waals surface area (Å²) in [4.78, 5) is 4.57. The third kappa shape index (κ3) is 3.93. The Morgan fingerprint density at radius 3 is 2.68 bits per heavy atom. The highest BCUT2D eigenvalue weighted by Gasteiger charge is 2.16. The third-order valence-electron chi connectivity index (χ3n) is 3.97. The highest BCUT2D eigenvalue weighted by Crippen LogP contribution is 2.26. The van der Waals surface area contributed by atoms with E-state index in [0.29, 0.717) is 0 Å². The number of hydrogen-bond acceptors (Lipinski definition) is 3. The molecule has 2 rings (SSSR count). The summed E-state index contributed by atoms with van der Waals surface area (Å²) >= 11 is 0. The topological polar surface area (TPSA) is 34.2 Å². The average Bonchev–Trinajstić information content (AvgIpc) is 2.41. The van der Waals surface area contributed by atoms with Crippen molar-refractivity contribution < 1.29 is 4.74 Å². The highest BCUT2D eigenvalue weighted by molar-refractivity contribution is 5.35. The third-order valence-corrected chi connectivity index (χ3v) is 3.97. The Morgan fingerprint density at radius 1 is 1.26 bits per heavy atom. The Morgan fingerprint density at radius 2 is 2.00 bits per heavy atom. The molecule has 0 spiro atoms. The second-order valence-corrected chi connectivity index (χ2v) is 5.71. The molecule has 1 fully saturated rings. The Hall–Kier alpha value is -1.09. The van der Waals surface area contributed by atoms with Gasteiger partial charge in [-0.3, -0.25) is 0 Å². The van der Waals surface area contributed by atoms with Crippen LogP contribution >= 0.6 is 0 Å². The van der Waals surface area contributed by atoms with E-state index >= 15 is 0 Å². The van der Waals surface area contributed by atoms with Gasteiger partial charge in [0.15, 0.2) is 0 Å². The van der Waals surface area contributed by atoms with Crippen LogP contribution in [-0.4, -0.2) is 18.6 Å². The van der Waals surface area contributed by atoms with E-state index in [-0.39, 0.29) is 0 Å². The maximum Gasteiger partial charge on any atom is 0.218 e. The molecule has 1 aromatic rings. The van der Waals surface area contributed by atoms with Gasteiger partial charge in [0.2, 0.25) is 5.88 Å². The van der Waals surface area contributed by atoms with E-state index in [1.165, 1.54) is 43.2 Å². The van der Waals surface area contributed by atoms with Crippen LogP contribution in [0.4, 0.5) is 0 Å². The van der Waals surface area contributed by atoms with Gasteiger partial charge >= 0.3 is 0 Å². The molecule has 1 aliphatic rings. The Kier molecular flexibility index (Phi) is 5.20. The highest BCUT2D eigenvalue weighted by atomic mass is 16.5. The van der Waals surface area contributed by atoms with Crippen molar-refractivity contribution in [2.24, 2.45) is 5.92 Å². The zero-order chi connectivity index (χ0) is 13.7. The van der Waals surface area contributed by atoms with Gasteiger partial charge in [-0.15, -0.1) is 0 Å². The van der Waals surface area contributed by atoms with Gasteiger partial charge in [0.25, 0.3) is 0 Å². The van der Waals surface area contributed by atoms with Crippen LogP contribution < -0.4 is 10.1 Å². The second-order valence-electron chi connectivity index (χ2n) is 5.71. The first-order valence-electron chi connectivity index (χ1n) is 7.45. The molecule has 1 aliphatic carbocycles. The summed E-state index contributed by atoms with van der Waals surface area (Å²) in [6.45, 7) is 5.81. The van der Waals surface area contributed by atoms with Gasteiger partial charge in [0.1, 0.15) is 0 Å². The molecule has 0 aromatic carbocycles. The number of rotatable bonds is 5. The maximum absolute atomic E-state index is 6.04. The number of nitrogens with one attached hydrogen (secondary N) is 1. The monoisotopic (exact) mass is 262 g/mol. The lowest BCUT2D eigenvalue weighted by Crippen LogP contribution is -2.18. The molecule has 0 aliphatic heterocycles. The fourth-order valence-corrected chi connectivity index (χ4v) is 2.89. The van der Waals surface area contributed by atoms with Crippen LogP contribution in [0.1, 0.15) is 48.9 Å². The van der Waals surface area contributed by atoms with Gasteiger partial charge in [-0.05, 0) is 51.3 Å². The zero-order valence-corrected chi connectivity index (χ0v) is 12.5. The normalized spacial score (nSPS) is 16.6. The first kappa shape index (κ1) is 14.3. The van der Waals surface area contributed by atoms with Crippen molar-refractivity contribution in [2.45, 2.75) is 52.5 Å². The van der Waals surface area contributed by atoms with E-state index in [4.69, 9.17) is 4.74 Å². The molecule has 0 bridgehead atoms. The molecular formula is C16H26N2O. The summed E-state index contributed by atoms with van der Waals surface area (Å²) in [5.41, 5.74) is 3.50. The van der Waals surface area contributed by atoms with Gasteiger partial charge in [-0.2, -0.15) is 0 Å². The lowest BCUT2D eigenvalue weighted by molar-refractivity contribution is 0.200. The van der Waals surface area contributed by atoms with Gasteiger partial charge in [-0.1, -0.05) is 19.3 Å². The molecule has 0 radical (unpaired) electrons. The first-order valence-corrected chi connectivity index (χ1v) is 7.45. The minimum Gasteiger partial charge on any atom is -0.477 e. The van der Waals surface area contributed by atoms with Crippen molar-refractivity contribution in [3.8, 4) is 5.88 Å². The molecule has 3 nitrogen and oxygen atoms in total. The van der Waals surface area contributed by atoms with Gasteiger partial charge in [-0.25, -0.2) is 4.98 Å². The van der Waals surface area contributed by atoms with Crippen molar-refractivity contribution in [3.05, 3.63) is 22.9 Å². The Balaban J connectivity index is 2.04. The number of aryl methyl sites for hydroxylation is 2. The molecule has 1 heterocycles. The fourth-order valence-electron chi connectivity index (χ4n) is 2.89. The van der Waals surface area contributed by atoms with Crippen LogP contribution in [0, 0.1) is 19.8 Å². The Bertz CT molecular complexity index is 411. The van der Waals surface area contributed by atoms with E-state index in [2.05, 4.69) is 23.3 Å². The van der Waals surface area contributed by atoms with Gasteiger partial charge in [0.05, 0.1) is 6.61 Å². The van der Waals surface area contributed by atoms with Crippen LogP contribution in [0.3, 0.4) is 0 Å². The summed E-state index contributed by atoms with van der Waals surface area (Å²) in [5.74, 6) is 1.55. The van der Waals surface area contributed by atoms with Crippen molar-refractivity contribution in [2.75, 3.05) is 13.7 Å². The van der Waals surface area contributed by atoms with E-state index < -0.39 is 0 Å². The minimum atomic E-state index is 0.721. The number of nitrogens with zero attached hydrogens (tertiary/aromatic N) is 1. The molecule has 0 unspecified atom stereocenters. The largest absolute Gasteiger partial charge is 0.477 e. The van der Waals surface area contributed by atoms with Crippen LogP contribution in [0.15, 0.2) is 6.07 Å². The molecule has 19 heavy (non-hydrogen) atoms. The molecule has 0 saturated heterocycles. The van der Waals surface area contributed by atoms with Crippen LogP contribution in [0.25, 0.3) is 0 Å². The molecule has 1 N–H and O–H groups in total. The number of pyridine rings is 1. The van der Waals surface area contributed by atoms with Crippen LogP contribution in [0.5, 0.6) is 5.88 Å². The standard InChI is InChI=1S/C16H26N2O/c1-12-9-13(2)18-16(15(12)10-17-3)19-11-14-7-5-4-6-8-14/h9,14,17H,4-8,10-11H2,1-3H3. The van der Waals surface area contributed by atoms with E-state index in [9.17, 15) is 0 Å². The first-order chi connectivity index (χ1) is 9.20. The van der Waals surface area contributed by atoms with Crippen LogP contribution in [0.2, 0.25) is 0 Å². The summed E-state index contributed by atoms with van der Waals surface area (Å²) in [7, 11) is 1.96. The lowest BCUT2D eigenvalue weighted by Gasteiger charge is -2.22. The van der Waals surface area contributed by atoms with E-state index in [1.54, 1.807) is 0 Å². The molecule has 0 amide bonds. The minimum absolute atomic E-state index is 0.721. The van der Waals surface area contributed by atoms with E-state index in [1.807, 2.05) is 14.0 Å².